The number of thiazole rings is 1. The normalized spacial score (nSPS) is 18.9. The molecule has 2 amide bonds. The molecule has 1 fully saturated rings. The van der Waals surface area contributed by atoms with E-state index in [0.29, 0.717) is 11.1 Å². The minimum absolute atomic E-state index is 0.0161. The standard InChI is InChI=1S/C22H19N7O7S3/c1-35-28-13(11-8-38-21(23)24-11)16(31)25-14-18(32)29-15(20(33)34)9(6-37-19(14)29)7-39-22-27-26-17(36-22)10-4-2-3-5-12(10)30/h2-5,8,14,19,30H,6-7H2,1H3,(H2,23,24)(H,25,31)(H,33,34)/t14?,19-/m0/s1. The second-order valence-electron chi connectivity index (χ2n) is 7.99. The van der Waals surface area contributed by atoms with Crippen LogP contribution in [0.4, 0.5) is 5.13 Å². The average molecular weight is 590 g/mol. The molecule has 0 saturated carbocycles. The molecule has 2 aromatic heterocycles. The third-order valence-corrected chi connectivity index (χ3v) is 8.53. The number of fused-ring (bicyclic) bond motifs is 1. The molecule has 14 nitrogen and oxygen atoms in total. The van der Waals surface area contributed by atoms with Crippen molar-refractivity contribution in [1.29, 1.82) is 0 Å². The molecule has 17 heteroatoms. The predicted molar refractivity (Wildman–Crippen MR) is 142 cm³/mol. The van der Waals surface area contributed by atoms with Crippen LogP contribution >= 0.6 is 34.9 Å². The number of nitrogens with zero attached hydrogens (tertiary/aromatic N) is 5. The molecule has 1 unspecified atom stereocenters. The smallest absolute Gasteiger partial charge is 0.352 e. The van der Waals surface area contributed by atoms with E-state index in [1.807, 2.05) is 0 Å². The molecule has 0 bridgehead atoms. The van der Waals surface area contributed by atoms with E-state index >= 15 is 0 Å². The lowest BCUT2D eigenvalue weighted by molar-refractivity contribution is -0.150. The van der Waals surface area contributed by atoms with E-state index in [-0.39, 0.29) is 50.6 Å². The number of rotatable bonds is 9. The lowest BCUT2D eigenvalue weighted by atomic mass is 10.0. The highest BCUT2D eigenvalue weighted by Gasteiger charge is 2.54. The fourth-order valence-corrected chi connectivity index (χ4v) is 6.67. The Kier molecular flexibility index (Phi) is 7.45. The minimum atomic E-state index is -1.27. The number of para-hydroxylation sites is 1. The SMILES string of the molecule is CON=C(C(=O)NC1C(=O)N2C(C(=O)O)=C(CSc3nnc(-c4ccccc4O)o3)CS[C@@H]12)c1csc(N)n1. The largest absolute Gasteiger partial charge is 0.507 e. The fraction of sp³-hybridized carbons (Fsp3) is 0.227. The van der Waals surface area contributed by atoms with Crippen molar-refractivity contribution in [3.63, 3.8) is 0 Å². The monoisotopic (exact) mass is 589 g/mol. The average Bonchev–Trinajstić information content (AvgIpc) is 3.57. The Morgan fingerprint density at radius 1 is 1.36 bits per heavy atom. The number of thioether (sulfide) groups is 2. The molecular weight excluding hydrogens is 570 g/mol. The first-order valence-corrected chi connectivity index (χ1v) is 14.0. The first kappa shape index (κ1) is 26.5. The van der Waals surface area contributed by atoms with Crippen LogP contribution in [0.25, 0.3) is 11.5 Å². The van der Waals surface area contributed by atoms with Crippen molar-refractivity contribution >= 4 is 63.5 Å². The number of anilines is 1. The number of carboxylic acid groups (broad SMARTS) is 1. The lowest BCUT2D eigenvalue weighted by Gasteiger charge is -2.49. The van der Waals surface area contributed by atoms with Crippen molar-refractivity contribution in [2.45, 2.75) is 16.6 Å². The molecular formula is C22H19N7O7S3. The molecule has 5 N–H and O–H groups in total. The number of hydrogen-bond acceptors (Lipinski definition) is 14. The summed E-state index contributed by atoms with van der Waals surface area (Å²) in [5, 5.41) is 35.4. The molecule has 2 aliphatic heterocycles. The molecule has 39 heavy (non-hydrogen) atoms. The Morgan fingerprint density at radius 3 is 2.85 bits per heavy atom. The number of oxime groups is 1. The maximum Gasteiger partial charge on any atom is 0.352 e. The summed E-state index contributed by atoms with van der Waals surface area (Å²) in [6.45, 7) is 0. The highest BCUT2D eigenvalue weighted by atomic mass is 32.2. The maximum atomic E-state index is 13.0. The molecule has 0 radical (unpaired) electrons. The molecule has 1 saturated heterocycles. The molecule has 2 atom stereocenters. The molecule has 1 aromatic carbocycles. The number of hydrogen-bond donors (Lipinski definition) is 4. The van der Waals surface area contributed by atoms with Crippen molar-refractivity contribution < 1.29 is 33.9 Å². The number of phenols is 1. The van der Waals surface area contributed by atoms with Gasteiger partial charge in [-0.05, 0) is 17.7 Å². The Hall–Kier alpha value is -4.09. The van der Waals surface area contributed by atoms with E-state index in [1.54, 1.807) is 18.2 Å². The topological polar surface area (TPSA) is 206 Å². The molecule has 2 aliphatic rings. The van der Waals surface area contributed by atoms with Crippen LogP contribution in [0.5, 0.6) is 5.75 Å². The van der Waals surface area contributed by atoms with Gasteiger partial charge in [-0.15, -0.1) is 33.3 Å². The van der Waals surface area contributed by atoms with Gasteiger partial charge in [-0.25, -0.2) is 9.78 Å². The molecule has 0 spiro atoms. The van der Waals surface area contributed by atoms with Crippen LogP contribution in [-0.2, 0) is 19.2 Å². The zero-order chi connectivity index (χ0) is 27.7. The lowest BCUT2D eigenvalue weighted by Crippen LogP contribution is -2.71. The van der Waals surface area contributed by atoms with Gasteiger partial charge in [0.1, 0.15) is 35.7 Å². The summed E-state index contributed by atoms with van der Waals surface area (Å²) < 4.78 is 5.60. The van der Waals surface area contributed by atoms with Crippen molar-refractivity contribution in [2.75, 3.05) is 24.3 Å². The first-order chi connectivity index (χ1) is 18.8. The number of β-lactam (4-membered cyclic amide) rings is 1. The second kappa shape index (κ2) is 11.0. The number of carboxylic acids is 1. The summed E-state index contributed by atoms with van der Waals surface area (Å²) in [6, 6.07) is 5.52. The van der Waals surface area contributed by atoms with E-state index < -0.39 is 29.2 Å². The van der Waals surface area contributed by atoms with Gasteiger partial charge in [-0.2, -0.15) is 0 Å². The van der Waals surface area contributed by atoms with Crippen molar-refractivity contribution in [3.8, 4) is 17.2 Å². The molecule has 202 valence electrons. The van der Waals surface area contributed by atoms with E-state index in [2.05, 4.69) is 25.7 Å². The number of carbonyl (C=O) groups excluding carboxylic acids is 2. The fourth-order valence-electron chi connectivity index (χ4n) is 3.88. The third-order valence-electron chi connectivity index (χ3n) is 5.61. The minimum Gasteiger partial charge on any atom is -0.507 e. The number of nitrogens with one attached hydrogen (secondary N) is 1. The van der Waals surface area contributed by atoms with Gasteiger partial charge in [0.25, 0.3) is 22.9 Å². The van der Waals surface area contributed by atoms with Gasteiger partial charge in [0.2, 0.25) is 0 Å². The highest BCUT2D eigenvalue weighted by Crippen LogP contribution is 2.42. The zero-order valence-corrected chi connectivity index (χ0v) is 22.4. The number of amides is 2. The Morgan fingerprint density at radius 2 is 2.15 bits per heavy atom. The number of benzene rings is 1. The Labute approximate surface area is 232 Å². The van der Waals surface area contributed by atoms with Gasteiger partial charge in [-0.3, -0.25) is 14.5 Å². The van der Waals surface area contributed by atoms with Crippen LogP contribution in [0.3, 0.4) is 0 Å². The summed E-state index contributed by atoms with van der Waals surface area (Å²) in [5.41, 5.74) is 6.37. The summed E-state index contributed by atoms with van der Waals surface area (Å²) >= 11 is 3.53. The van der Waals surface area contributed by atoms with Gasteiger partial charge in [0.15, 0.2) is 10.8 Å². The quantitative estimate of drug-likeness (QED) is 0.120. The number of nitrogen functional groups attached to an aromatic ring is 1. The van der Waals surface area contributed by atoms with Crippen LogP contribution in [-0.4, -0.2) is 83.8 Å². The number of phenolic OH excluding ortho intramolecular Hbond substituents is 1. The van der Waals surface area contributed by atoms with Gasteiger partial charge in [0, 0.05) is 16.9 Å². The van der Waals surface area contributed by atoms with Gasteiger partial charge in [0.05, 0.1) is 5.56 Å². The molecule has 0 aliphatic carbocycles. The zero-order valence-electron chi connectivity index (χ0n) is 19.9. The van der Waals surface area contributed by atoms with Gasteiger partial charge < -0.3 is 30.5 Å². The number of carbonyl (C=O) groups is 3. The second-order valence-corrected chi connectivity index (χ2v) is 10.9. The molecule has 5 rings (SSSR count). The van der Waals surface area contributed by atoms with Crippen molar-refractivity contribution in [1.82, 2.24) is 25.4 Å². The summed E-state index contributed by atoms with van der Waals surface area (Å²) in [6.07, 6.45) is 0. The predicted octanol–water partition coefficient (Wildman–Crippen LogP) is 1.36. The maximum absolute atomic E-state index is 13.0. The van der Waals surface area contributed by atoms with Crippen LogP contribution in [0, 0.1) is 0 Å². The molecule has 4 heterocycles. The number of aromatic nitrogens is 3. The number of aliphatic carboxylic acids is 1. The Balaban J connectivity index is 1.28. The summed E-state index contributed by atoms with van der Waals surface area (Å²) in [4.78, 5) is 48.0. The van der Waals surface area contributed by atoms with E-state index in [9.17, 15) is 24.6 Å². The number of nitrogens with two attached hydrogens (primary N) is 1. The first-order valence-electron chi connectivity index (χ1n) is 11.1. The van der Waals surface area contributed by atoms with E-state index in [4.69, 9.17) is 15.0 Å². The highest BCUT2D eigenvalue weighted by molar-refractivity contribution is 8.01. The Bertz CT molecular complexity index is 1520. The number of aromatic hydroxyl groups is 1. The van der Waals surface area contributed by atoms with Crippen LogP contribution in [0.2, 0.25) is 0 Å². The third kappa shape index (κ3) is 5.15. The summed E-state index contributed by atoms with van der Waals surface area (Å²) in [7, 11) is 1.26. The van der Waals surface area contributed by atoms with Crippen LogP contribution < -0.4 is 11.1 Å². The summed E-state index contributed by atoms with van der Waals surface area (Å²) in [5.74, 6) is -1.99. The van der Waals surface area contributed by atoms with Gasteiger partial charge >= 0.3 is 5.97 Å². The van der Waals surface area contributed by atoms with Gasteiger partial charge in [-0.1, -0.05) is 29.1 Å². The van der Waals surface area contributed by atoms with Crippen LogP contribution in [0.1, 0.15) is 5.69 Å². The van der Waals surface area contributed by atoms with Crippen molar-refractivity contribution in [2.24, 2.45) is 5.16 Å². The van der Waals surface area contributed by atoms with E-state index in [0.717, 1.165) is 28.0 Å². The van der Waals surface area contributed by atoms with Crippen molar-refractivity contribution in [3.05, 3.63) is 46.6 Å². The van der Waals surface area contributed by atoms with Crippen LogP contribution in [0.15, 0.2) is 55.7 Å². The van der Waals surface area contributed by atoms with E-state index in [1.165, 1.54) is 30.3 Å². The molecule has 3 aromatic rings.